The van der Waals surface area contributed by atoms with Crippen molar-refractivity contribution in [1.29, 1.82) is 0 Å². The molecule has 0 spiro atoms. The normalized spacial score (nSPS) is 10.8. The Hall–Kier alpha value is -2.41. The number of hydrogen-bond acceptors (Lipinski definition) is 7. The molecule has 3 N–H and O–H groups in total. The van der Waals surface area contributed by atoms with E-state index < -0.39 is 0 Å². The smallest absolute Gasteiger partial charge is 0.263 e. The first kappa shape index (κ1) is 11.7. The molecule has 2 heterocycles. The Morgan fingerprint density at radius 3 is 2.63 bits per heavy atom. The van der Waals surface area contributed by atoms with Crippen LogP contribution in [0.5, 0.6) is 5.75 Å². The minimum atomic E-state index is 0.189. The monoisotopic (exact) mass is 274 g/mol. The van der Waals surface area contributed by atoms with Gasteiger partial charge in [0.2, 0.25) is 5.82 Å². The number of nitrogens with two attached hydrogens (primary N) is 1. The van der Waals surface area contributed by atoms with Gasteiger partial charge in [-0.2, -0.15) is 9.36 Å². The van der Waals surface area contributed by atoms with Crippen LogP contribution in [0.4, 0.5) is 5.00 Å². The lowest BCUT2D eigenvalue weighted by Crippen LogP contribution is -1.86. The predicted molar refractivity (Wildman–Crippen MR) is 71.7 cm³/mol. The molecule has 19 heavy (non-hydrogen) atoms. The summed E-state index contributed by atoms with van der Waals surface area (Å²) in [6.07, 6.45) is 0. The Morgan fingerprint density at radius 1 is 1.26 bits per heavy atom. The molecular formula is C12H10N4O2S. The van der Waals surface area contributed by atoms with Gasteiger partial charge in [0, 0.05) is 5.56 Å². The first-order valence-corrected chi connectivity index (χ1v) is 6.27. The molecule has 3 rings (SSSR count). The highest BCUT2D eigenvalue weighted by Gasteiger charge is 2.17. The molecule has 96 valence electrons. The molecule has 0 radical (unpaired) electrons. The second kappa shape index (κ2) is 4.36. The fraction of sp³-hybridized carbons (Fsp3) is 0.0833. The molecule has 0 unspecified atom stereocenters. The van der Waals surface area contributed by atoms with Crippen molar-refractivity contribution in [2.75, 3.05) is 5.73 Å². The van der Waals surface area contributed by atoms with E-state index >= 15 is 0 Å². The van der Waals surface area contributed by atoms with Gasteiger partial charge < -0.3 is 15.4 Å². The molecule has 0 saturated carbocycles. The largest absolute Gasteiger partial charge is 0.508 e. The number of aromatic hydroxyl groups is 1. The van der Waals surface area contributed by atoms with Crippen LogP contribution < -0.4 is 5.73 Å². The fourth-order valence-electron chi connectivity index (χ4n) is 1.70. The molecule has 0 aliphatic rings. The summed E-state index contributed by atoms with van der Waals surface area (Å²) < 4.78 is 9.36. The Bertz CT molecular complexity index is 698. The highest BCUT2D eigenvalue weighted by atomic mass is 32.1. The van der Waals surface area contributed by atoms with Crippen molar-refractivity contribution in [1.82, 2.24) is 14.5 Å². The molecule has 0 atom stereocenters. The van der Waals surface area contributed by atoms with E-state index in [9.17, 15) is 5.11 Å². The van der Waals surface area contributed by atoms with E-state index in [-0.39, 0.29) is 5.75 Å². The molecule has 0 fully saturated rings. The van der Waals surface area contributed by atoms with Gasteiger partial charge in [-0.25, -0.2) is 0 Å². The number of phenolic OH excluding ortho intramolecular Hbond substituents is 1. The maximum absolute atomic E-state index is 9.24. The molecule has 0 saturated heterocycles. The van der Waals surface area contributed by atoms with Gasteiger partial charge >= 0.3 is 0 Å². The van der Waals surface area contributed by atoms with Crippen molar-refractivity contribution in [3.63, 3.8) is 0 Å². The Labute approximate surface area is 112 Å². The van der Waals surface area contributed by atoms with Gasteiger partial charge in [0.15, 0.2) is 0 Å². The quantitative estimate of drug-likeness (QED) is 0.744. The first-order valence-electron chi connectivity index (χ1n) is 5.50. The van der Waals surface area contributed by atoms with Crippen LogP contribution in [0.2, 0.25) is 0 Å². The maximum atomic E-state index is 9.24. The van der Waals surface area contributed by atoms with Gasteiger partial charge in [-0.05, 0) is 42.7 Å². The third-order valence-electron chi connectivity index (χ3n) is 2.65. The maximum Gasteiger partial charge on any atom is 0.263 e. The molecule has 6 nitrogen and oxygen atoms in total. The number of hydrogen-bond donors (Lipinski definition) is 2. The summed E-state index contributed by atoms with van der Waals surface area (Å²) in [4.78, 5) is 4.30. The highest BCUT2D eigenvalue weighted by Crippen LogP contribution is 2.32. The summed E-state index contributed by atoms with van der Waals surface area (Å²) in [7, 11) is 0. The van der Waals surface area contributed by atoms with Gasteiger partial charge in [0.1, 0.15) is 10.8 Å². The third-order valence-corrected chi connectivity index (χ3v) is 3.42. The van der Waals surface area contributed by atoms with Crippen molar-refractivity contribution in [2.24, 2.45) is 0 Å². The Balaban J connectivity index is 2.02. The standard InChI is InChI=1S/C12H10N4O2S/c1-6-9(10(13)19-16-6)12-14-11(15-18-12)7-2-4-8(17)5-3-7/h2-5,17H,13H2,1H3. The summed E-state index contributed by atoms with van der Waals surface area (Å²) in [6.45, 7) is 1.84. The fourth-order valence-corrected chi connectivity index (χ4v) is 2.35. The molecular weight excluding hydrogens is 264 g/mol. The number of nitrogen functional groups attached to an aromatic ring is 1. The van der Waals surface area contributed by atoms with E-state index in [4.69, 9.17) is 10.3 Å². The second-order valence-corrected chi connectivity index (χ2v) is 4.78. The van der Waals surface area contributed by atoms with Crippen molar-refractivity contribution in [3.8, 4) is 28.6 Å². The predicted octanol–water partition coefficient (Wildman–Crippen LogP) is 2.46. The van der Waals surface area contributed by atoms with Crippen LogP contribution in [0.25, 0.3) is 22.8 Å². The SMILES string of the molecule is Cc1nsc(N)c1-c1nc(-c2ccc(O)cc2)no1. The van der Waals surface area contributed by atoms with Crippen molar-refractivity contribution < 1.29 is 9.63 Å². The van der Waals surface area contributed by atoms with Gasteiger partial charge in [-0.15, -0.1) is 0 Å². The number of benzene rings is 1. The summed E-state index contributed by atoms with van der Waals surface area (Å²) in [5.41, 5.74) is 8.04. The Morgan fingerprint density at radius 2 is 2.00 bits per heavy atom. The number of aryl methyl sites for hydroxylation is 1. The molecule has 0 aliphatic carbocycles. The zero-order valence-corrected chi connectivity index (χ0v) is 10.8. The van der Waals surface area contributed by atoms with E-state index in [2.05, 4.69) is 14.5 Å². The number of phenols is 1. The number of aromatic nitrogens is 3. The van der Waals surface area contributed by atoms with Crippen molar-refractivity contribution in [2.45, 2.75) is 6.92 Å². The number of anilines is 1. The van der Waals surface area contributed by atoms with E-state index in [1.807, 2.05) is 6.92 Å². The van der Waals surface area contributed by atoms with Crippen LogP contribution >= 0.6 is 11.5 Å². The zero-order valence-electron chi connectivity index (χ0n) is 9.99. The van der Waals surface area contributed by atoms with Crippen molar-refractivity contribution in [3.05, 3.63) is 30.0 Å². The van der Waals surface area contributed by atoms with Crippen LogP contribution in [0.3, 0.4) is 0 Å². The van der Waals surface area contributed by atoms with Gasteiger partial charge in [0.25, 0.3) is 5.89 Å². The zero-order chi connectivity index (χ0) is 13.4. The van der Waals surface area contributed by atoms with Crippen LogP contribution in [-0.2, 0) is 0 Å². The van der Waals surface area contributed by atoms with Gasteiger partial charge in [-0.3, -0.25) is 0 Å². The lowest BCUT2D eigenvalue weighted by atomic mass is 10.2. The Kier molecular flexibility index (Phi) is 2.68. The molecule has 3 aromatic rings. The molecule has 0 amide bonds. The summed E-state index contributed by atoms with van der Waals surface area (Å²) in [5, 5.41) is 13.7. The summed E-state index contributed by atoms with van der Waals surface area (Å²) in [5.74, 6) is 0.987. The summed E-state index contributed by atoms with van der Waals surface area (Å²) in [6, 6.07) is 6.56. The summed E-state index contributed by atoms with van der Waals surface area (Å²) >= 11 is 1.20. The van der Waals surface area contributed by atoms with E-state index in [0.717, 1.165) is 11.3 Å². The average Bonchev–Trinajstić information content (AvgIpc) is 2.98. The van der Waals surface area contributed by atoms with Gasteiger partial charge in [-0.1, -0.05) is 5.16 Å². The van der Waals surface area contributed by atoms with Crippen LogP contribution in [0.15, 0.2) is 28.8 Å². The molecule has 0 bridgehead atoms. The van der Waals surface area contributed by atoms with E-state index in [1.54, 1.807) is 24.3 Å². The van der Waals surface area contributed by atoms with Crippen molar-refractivity contribution >= 4 is 16.5 Å². The molecule has 1 aromatic carbocycles. The highest BCUT2D eigenvalue weighted by molar-refractivity contribution is 7.10. The minimum absolute atomic E-state index is 0.189. The first-order chi connectivity index (χ1) is 9.15. The molecule has 0 aliphatic heterocycles. The minimum Gasteiger partial charge on any atom is -0.508 e. The number of rotatable bonds is 2. The van der Waals surface area contributed by atoms with E-state index in [1.165, 1.54) is 11.5 Å². The van der Waals surface area contributed by atoms with Crippen LogP contribution in [0.1, 0.15) is 5.69 Å². The van der Waals surface area contributed by atoms with Crippen LogP contribution in [-0.4, -0.2) is 19.6 Å². The average molecular weight is 274 g/mol. The molecule has 7 heteroatoms. The van der Waals surface area contributed by atoms with Gasteiger partial charge in [0.05, 0.1) is 11.3 Å². The molecule has 2 aromatic heterocycles. The van der Waals surface area contributed by atoms with E-state index in [0.29, 0.717) is 22.3 Å². The van der Waals surface area contributed by atoms with Crippen LogP contribution in [0, 0.1) is 6.92 Å². The second-order valence-electron chi connectivity index (χ2n) is 3.98. The number of nitrogens with zero attached hydrogens (tertiary/aromatic N) is 3. The lowest BCUT2D eigenvalue weighted by molar-refractivity contribution is 0.432. The lowest BCUT2D eigenvalue weighted by Gasteiger charge is -1.94. The topological polar surface area (TPSA) is 98.1 Å². The third kappa shape index (κ3) is 2.04.